The highest BCUT2D eigenvalue weighted by atomic mass is 32.1. The molecule has 2 fully saturated rings. The number of nitrogens with one attached hydrogen (secondary N) is 5. The molecule has 0 aromatic heterocycles. The lowest BCUT2D eigenvalue weighted by Gasteiger charge is -2.37. The van der Waals surface area contributed by atoms with E-state index in [4.69, 9.17) is 0 Å². The Kier molecular flexibility index (Phi) is 17.7. The minimum absolute atomic E-state index is 0.0568. The van der Waals surface area contributed by atoms with E-state index >= 15 is 0 Å². The Labute approximate surface area is 282 Å². The molecule has 0 aromatic carbocycles. The van der Waals surface area contributed by atoms with Crippen molar-refractivity contribution in [3.8, 4) is 0 Å². The number of amides is 5. The number of hydrogen-bond donors (Lipinski definition) is 6. The first kappa shape index (κ1) is 39.6. The third kappa shape index (κ3) is 12.9. The summed E-state index contributed by atoms with van der Waals surface area (Å²) in [4.78, 5) is 67.9. The minimum atomic E-state index is -0.986. The van der Waals surface area contributed by atoms with Crippen LogP contribution in [0.3, 0.4) is 0 Å². The first-order chi connectivity index (χ1) is 21.9. The van der Waals surface area contributed by atoms with Gasteiger partial charge >= 0.3 is 6.03 Å². The molecule has 0 aromatic rings. The number of unbranched alkanes of at least 4 members (excludes halogenated alkanes) is 2. The fourth-order valence-electron chi connectivity index (χ4n) is 6.31. The number of carbonyl (C=O) groups is 5. The van der Waals surface area contributed by atoms with Gasteiger partial charge in [0.2, 0.25) is 17.6 Å². The van der Waals surface area contributed by atoms with Crippen LogP contribution >= 0.6 is 12.6 Å². The number of likely N-dealkylation sites (tertiary alicyclic amines) is 1. The van der Waals surface area contributed by atoms with Crippen LogP contribution in [0.4, 0.5) is 4.79 Å². The van der Waals surface area contributed by atoms with E-state index in [1.807, 2.05) is 27.7 Å². The highest BCUT2D eigenvalue weighted by molar-refractivity contribution is 7.80. The van der Waals surface area contributed by atoms with Gasteiger partial charge in [-0.3, -0.25) is 19.2 Å². The van der Waals surface area contributed by atoms with Crippen LogP contribution in [0.15, 0.2) is 12.7 Å². The molecule has 5 amide bonds. The van der Waals surface area contributed by atoms with E-state index in [0.717, 1.165) is 57.2 Å². The molecule has 2 rings (SSSR count). The molecule has 1 saturated carbocycles. The average molecular weight is 665 g/mol. The normalized spacial score (nSPS) is 19.1. The van der Waals surface area contributed by atoms with Crippen molar-refractivity contribution in [1.82, 2.24) is 31.5 Å². The maximum Gasteiger partial charge on any atom is 0.315 e. The van der Waals surface area contributed by atoms with E-state index < -0.39 is 47.2 Å². The van der Waals surface area contributed by atoms with Gasteiger partial charge < -0.3 is 31.5 Å². The molecular weight excluding hydrogens is 604 g/mol. The molecule has 5 N–H and O–H groups in total. The maximum absolute atomic E-state index is 14.1. The molecule has 1 saturated heterocycles. The Morgan fingerprint density at radius 1 is 0.957 bits per heavy atom. The van der Waals surface area contributed by atoms with Crippen molar-refractivity contribution < 1.29 is 24.0 Å². The zero-order chi connectivity index (χ0) is 34.1. The van der Waals surface area contributed by atoms with Gasteiger partial charge in [-0.1, -0.05) is 65.9 Å². The fraction of sp³-hybridized carbons (Fsp3) is 0.794. The molecule has 1 aliphatic carbocycles. The van der Waals surface area contributed by atoms with Crippen molar-refractivity contribution in [2.24, 2.45) is 11.3 Å². The van der Waals surface area contributed by atoms with Crippen LogP contribution in [0, 0.1) is 11.3 Å². The second-order valence-electron chi connectivity index (χ2n) is 13.8. The van der Waals surface area contributed by atoms with Gasteiger partial charge in [-0.15, -0.1) is 6.58 Å². The third-order valence-electron chi connectivity index (χ3n) is 9.00. The molecule has 46 heavy (non-hydrogen) atoms. The van der Waals surface area contributed by atoms with Gasteiger partial charge in [-0.25, -0.2) is 4.79 Å². The van der Waals surface area contributed by atoms with Crippen molar-refractivity contribution in [3.05, 3.63) is 12.7 Å². The highest BCUT2D eigenvalue weighted by Crippen LogP contribution is 2.28. The van der Waals surface area contributed by atoms with E-state index in [9.17, 15) is 24.0 Å². The second-order valence-corrected chi connectivity index (χ2v) is 14.3. The van der Waals surface area contributed by atoms with Crippen LogP contribution in [-0.2, 0) is 19.2 Å². The summed E-state index contributed by atoms with van der Waals surface area (Å²) in [5, 5.41) is 14.9. The highest BCUT2D eigenvalue weighted by Gasteiger charge is 2.43. The number of ketones is 1. The van der Waals surface area contributed by atoms with Crippen molar-refractivity contribution in [3.63, 3.8) is 0 Å². The Hall–Kier alpha value is -2.60. The molecule has 0 bridgehead atoms. The lowest BCUT2D eigenvalue weighted by Crippen LogP contribution is -2.61. The zero-order valence-corrected chi connectivity index (χ0v) is 29.5. The Balaban J connectivity index is 2.14. The molecule has 12 heteroatoms. The summed E-state index contributed by atoms with van der Waals surface area (Å²) in [5.41, 5.74) is -0.633. The van der Waals surface area contributed by atoms with Crippen LogP contribution in [-0.4, -0.2) is 90.5 Å². The third-order valence-corrected chi connectivity index (χ3v) is 9.31. The summed E-state index contributed by atoms with van der Waals surface area (Å²) in [7, 11) is 0. The molecular formula is C34H60N6O5S. The molecule has 0 radical (unpaired) electrons. The number of thiol groups is 1. The summed E-state index contributed by atoms with van der Waals surface area (Å²) >= 11 is 4.29. The van der Waals surface area contributed by atoms with E-state index in [1.165, 1.54) is 17.4 Å². The number of Topliss-reactive ketones (excluding diaryl/α,β-unsaturated/α-hetero) is 1. The predicted molar refractivity (Wildman–Crippen MR) is 186 cm³/mol. The number of hydrogen-bond acceptors (Lipinski definition) is 7. The van der Waals surface area contributed by atoms with Crippen molar-refractivity contribution in [2.45, 2.75) is 129 Å². The van der Waals surface area contributed by atoms with Crippen molar-refractivity contribution in [1.29, 1.82) is 0 Å². The second kappa shape index (κ2) is 20.6. The first-order valence-electron chi connectivity index (χ1n) is 17.4. The van der Waals surface area contributed by atoms with Gasteiger partial charge in [-0.2, -0.15) is 12.6 Å². The van der Waals surface area contributed by atoms with Crippen LogP contribution in [0.2, 0.25) is 0 Å². The summed E-state index contributed by atoms with van der Waals surface area (Å²) in [5.74, 6) is -1.07. The molecule has 0 spiro atoms. The molecule has 2 aliphatic rings. The van der Waals surface area contributed by atoms with Gasteiger partial charge in [0.25, 0.3) is 5.91 Å². The number of rotatable bonds is 19. The topological polar surface area (TPSA) is 149 Å². The fourth-order valence-corrected chi connectivity index (χ4v) is 6.53. The van der Waals surface area contributed by atoms with Gasteiger partial charge in [0.05, 0.1) is 6.04 Å². The standard InChI is InChI=1S/C34H60N6O5S/c1-6-8-17-25(28(41)31(43)36-19-7-2)37-30(42)27-18-14-21-40(27)32(44)29(34(3,4)5)39-33(45)38-26(23-35-20-12-13-22-46)24-15-10-9-11-16-24/h7,24-27,29,35,46H,2,6,8-23H2,1,3-5H3,(H,36,43)(H,37,42)(H2,38,39,45). The van der Waals surface area contributed by atoms with Crippen LogP contribution in [0.1, 0.15) is 105 Å². The predicted octanol–water partition coefficient (Wildman–Crippen LogP) is 3.49. The Bertz CT molecular complexity index is 1010. The van der Waals surface area contributed by atoms with E-state index in [-0.39, 0.29) is 18.5 Å². The van der Waals surface area contributed by atoms with Gasteiger partial charge in [0.1, 0.15) is 12.1 Å². The van der Waals surface area contributed by atoms with Crippen molar-refractivity contribution in [2.75, 3.05) is 31.9 Å². The first-order valence-corrected chi connectivity index (χ1v) is 18.0. The smallest absolute Gasteiger partial charge is 0.315 e. The van der Waals surface area contributed by atoms with Crippen LogP contribution < -0.4 is 26.6 Å². The number of carbonyl (C=O) groups excluding carboxylic acids is 5. The van der Waals surface area contributed by atoms with Crippen LogP contribution in [0.25, 0.3) is 0 Å². The maximum atomic E-state index is 14.1. The molecule has 1 heterocycles. The monoisotopic (exact) mass is 664 g/mol. The van der Waals surface area contributed by atoms with Gasteiger partial charge in [-0.05, 0) is 68.6 Å². The lowest BCUT2D eigenvalue weighted by molar-refractivity contribution is -0.143. The van der Waals surface area contributed by atoms with E-state index in [0.29, 0.717) is 44.7 Å². The Morgan fingerprint density at radius 3 is 2.30 bits per heavy atom. The summed E-state index contributed by atoms with van der Waals surface area (Å²) < 4.78 is 0. The molecule has 4 unspecified atom stereocenters. The summed E-state index contributed by atoms with van der Waals surface area (Å²) in [6, 6.07) is -3.11. The van der Waals surface area contributed by atoms with E-state index in [2.05, 4.69) is 45.8 Å². The lowest BCUT2D eigenvalue weighted by atomic mass is 9.83. The van der Waals surface area contributed by atoms with Gasteiger partial charge in [0.15, 0.2) is 0 Å². The Morgan fingerprint density at radius 2 is 1.67 bits per heavy atom. The molecule has 1 aliphatic heterocycles. The SMILES string of the molecule is C=CCNC(=O)C(=O)C(CCCC)NC(=O)C1CCCN1C(=O)C(NC(=O)NC(CNCCCCS)C1CCCCC1)C(C)(C)C. The van der Waals surface area contributed by atoms with E-state index in [1.54, 1.807) is 0 Å². The largest absolute Gasteiger partial charge is 0.346 e. The van der Waals surface area contributed by atoms with Gasteiger partial charge in [0, 0.05) is 25.7 Å². The summed E-state index contributed by atoms with van der Waals surface area (Å²) in [6.45, 7) is 13.2. The zero-order valence-electron chi connectivity index (χ0n) is 28.6. The number of urea groups is 1. The summed E-state index contributed by atoms with van der Waals surface area (Å²) in [6.07, 6.45) is 12.0. The van der Waals surface area contributed by atoms with Crippen molar-refractivity contribution >= 4 is 42.2 Å². The molecule has 11 nitrogen and oxygen atoms in total. The molecule has 262 valence electrons. The van der Waals surface area contributed by atoms with Crippen LogP contribution in [0.5, 0.6) is 0 Å². The quantitative estimate of drug-likeness (QED) is 0.0539. The number of nitrogens with zero attached hydrogens (tertiary/aromatic N) is 1. The minimum Gasteiger partial charge on any atom is -0.346 e. The molecule has 4 atom stereocenters. The average Bonchev–Trinajstić information content (AvgIpc) is 3.53.